The Labute approximate surface area is 110 Å². The lowest BCUT2D eigenvalue weighted by molar-refractivity contribution is -0.275. The summed E-state index contributed by atoms with van der Waals surface area (Å²) in [6.07, 6.45) is -4.85. The molecule has 0 aromatic heterocycles. The first-order chi connectivity index (χ1) is 8.26. The summed E-state index contributed by atoms with van der Waals surface area (Å²) < 4.78 is 40.3. The van der Waals surface area contributed by atoms with Crippen molar-refractivity contribution in [1.29, 1.82) is 0 Å². The topological polar surface area (TPSA) is 46.5 Å². The van der Waals surface area contributed by atoms with E-state index in [0.29, 0.717) is 0 Å². The maximum absolute atomic E-state index is 12.2. The maximum Gasteiger partial charge on any atom is 0.573 e. The lowest BCUT2D eigenvalue weighted by atomic mass is 10.0. The fourth-order valence-electron chi connectivity index (χ4n) is 1.43. The van der Waals surface area contributed by atoms with Crippen molar-refractivity contribution in [3.63, 3.8) is 0 Å². The number of hydrogen-bond acceptors (Lipinski definition) is 3. The van der Waals surface area contributed by atoms with Gasteiger partial charge in [0.1, 0.15) is 11.5 Å². The molecule has 1 aromatic carbocycles. The van der Waals surface area contributed by atoms with E-state index in [1.807, 2.05) is 0 Å². The molecule has 0 radical (unpaired) electrons. The van der Waals surface area contributed by atoms with E-state index >= 15 is 0 Å². The number of benzene rings is 1. The molecule has 0 saturated carbocycles. The Morgan fingerprint density at radius 2 is 2.11 bits per heavy atom. The Bertz CT molecular complexity index is 446. The van der Waals surface area contributed by atoms with Gasteiger partial charge in [-0.2, -0.15) is 0 Å². The van der Waals surface area contributed by atoms with Crippen molar-refractivity contribution in [3.8, 4) is 5.75 Å². The molecule has 1 atom stereocenters. The van der Waals surface area contributed by atoms with E-state index < -0.39 is 23.5 Å². The van der Waals surface area contributed by atoms with Crippen molar-refractivity contribution < 1.29 is 27.8 Å². The summed E-state index contributed by atoms with van der Waals surface area (Å²) in [5, 5.41) is 9.15. The summed E-state index contributed by atoms with van der Waals surface area (Å²) in [4.78, 5) is 10.4. The summed E-state index contributed by atoms with van der Waals surface area (Å²) in [6, 6.07) is 3.87. The summed E-state index contributed by atoms with van der Waals surface area (Å²) in [5.74, 6) is -0.790. The Morgan fingerprint density at radius 3 is 2.56 bits per heavy atom. The third-order valence-electron chi connectivity index (χ3n) is 2.18. The minimum absolute atomic E-state index is 0.0631. The fraction of sp³-hybridized carbons (Fsp3) is 0.364. The van der Waals surface area contributed by atoms with Crippen molar-refractivity contribution in [2.24, 2.45) is 0 Å². The van der Waals surface area contributed by atoms with Gasteiger partial charge in [-0.1, -0.05) is 28.1 Å². The predicted octanol–water partition coefficient (Wildman–Crippen LogP) is 3.10. The number of aliphatic hydroxyl groups is 1. The quantitative estimate of drug-likeness (QED) is 0.865. The highest BCUT2D eigenvalue weighted by atomic mass is 79.9. The molecule has 0 fully saturated rings. The Balaban J connectivity index is 3.22. The van der Waals surface area contributed by atoms with E-state index in [2.05, 4.69) is 20.7 Å². The van der Waals surface area contributed by atoms with Gasteiger partial charge in [0, 0.05) is 5.56 Å². The molecule has 0 aliphatic carbocycles. The van der Waals surface area contributed by atoms with Crippen LogP contribution in [0.15, 0.2) is 18.2 Å². The van der Waals surface area contributed by atoms with Gasteiger partial charge in [0.05, 0.1) is 11.4 Å². The highest BCUT2D eigenvalue weighted by Gasteiger charge is 2.33. The molecule has 0 heterocycles. The van der Waals surface area contributed by atoms with Gasteiger partial charge in [0.25, 0.3) is 0 Å². The Kier molecular flexibility index (Phi) is 4.75. The number of aliphatic hydroxyl groups excluding tert-OH is 1. The van der Waals surface area contributed by atoms with Crippen LogP contribution in [0, 0.1) is 0 Å². The third kappa shape index (κ3) is 3.71. The minimum Gasteiger partial charge on any atom is -0.405 e. The number of rotatable bonds is 4. The number of halogens is 4. The van der Waals surface area contributed by atoms with E-state index in [0.717, 1.165) is 6.07 Å². The van der Waals surface area contributed by atoms with Crippen LogP contribution in [0.25, 0.3) is 0 Å². The van der Waals surface area contributed by atoms with Crippen LogP contribution in [0.1, 0.15) is 22.9 Å². The molecule has 3 nitrogen and oxygen atoms in total. The molecule has 0 amide bonds. The molecule has 1 unspecified atom stereocenters. The van der Waals surface area contributed by atoms with Crippen molar-refractivity contribution in [1.82, 2.24) is 0 Å². The van der Waals surface area contributed by atoms with Crippen LogP contribution < -0.4 is 4.74 Å². The lowest BCUT2D eigenvalue weighted by Crippen LogP contribution is -2.19. The SMILES string of the molecule is CC(=O)C(Br)c1cccc(OC(F)(F)F)c1CO. The molecule has 18 heavy (non-hydrogen) atoms. The van der Waals surface area contributed by atoms with Gasteiger partial charge in [-0.05, 0) is 18.6 Å². The van der Waals surface area contributed by atoms with Gasteiger partial charge in [0.2, 0.25) is 0 Å². The largest absolute Gasteiger partial charge is 0.573 e. The van der Waals surface area contributed by atoms with Gasteiger partial charge < -0.3 is 9.84 Å². The van der Waals surface area contributed by atoms with E-state index in [4.69, 9.17) is 5.11 Å². The molecular weight excluding hydrogens is 317 g/mol. The Hall–Kier alpha value is -1.08. The summed E-state index contributed by atoms with van der Waals surface area (Å²) in [5.41, 5.74) is 0.193. The van der Waals surface area contributed by atoms with Gasteiger partial charge in [-0.15, -0.1) is 13.2 Å². The van der Waals surface area contributed by atoms with Crippen LogP contribution >= 0.6 is 15.9 Å². The molecule has 1 rings (SSSR count). The normalized spacial score (nSPS) is 13.2. The van der Waals surface area contributed by atoms with Crippen LogP contribution in [0.5, 0.6) is 5.75 Å². The zero-order chi connectivity index (χ0) is 13.9. The fourth-order valence-corrected chi connectivity index (χ4v) is 1.86. The number of hydrogen-bond donors (Lipinski definition) is 1. The second-order valence-electron chi connectivity index (χ2n) is 3.50. The molecule has 1 N–H and O–H groups in total. The average Bonchev–Trinajstić information content (AvgIpc) is 2.25. The number of alkyl halides is 4. The highest BCUT2D eigenvalue weighted by Crippen LogP contribution is 2.34. The molecule has 100 valence electrons. The molecule has 0 saturated heterocycles. The smallest absolute Gasteiger partial charge is 0.405 e. The van der Waals surface area contributed by atoms with E-state index in [1.165, 1.54) is 19.1 Å². The summed E-state index contributed by atoms with van der Waals surface area (Å²) in [7, 11) is 0. The van der Waals surface area contributed by atoms with Crippen molar-refractivity contribution in [2.45, 2.75) is 24.7 Å². The lowest BCUT2D eigenvalue weighted by Gasteiger charge is -2.17. The zero-order valence-electron chi connectivity index (χ0n) is 9.29. The first-order valence-corrected chi connectivity index (χ1v) is 5.80. The van der Waals surface area contributed by atoms with E-state index in [9.17, 15) is 18.0 Å². The zero-order valence-corrected chi connectivity index (χ0v) is 10.9. The standard InChI is InChI=1S/C11H10BrF3O3/c1-6(17)10(12)7-3-2-4-9(8(7)5-16)18-11(13,14)15/h2-4,10,16H,5H2,1H3. The highest BCUT2D eigenvalue weighted by molar-refractivity contribution is 9.09. The number of ketones is 1. The molecule has 1 aromatic rings. The van der Waals surface area contributed by atoms with Crippen LogP contribution in [-0.4, -0.2) is 17.3 Å². The van der Waals surface area contributed by atoms with Gasteiger partial charge in [-0.25, -0.2) is 0 Å². The van der Waals surface area contributed by atoms with Crippen molar-refractivity contribution in [2.75, 3.05) is 0 Å². The summed E-state index contributed by atoms with van der Waals surface area (Å²) >= 11 is 3.06. The molecule has 0 bridgehead atoms. The number of Topliss-reactive ketones (excluding diaryl/α,β-unsaturated/α-hetero) is 1. The van der Waals surface area contributed by atoms with Gasteiger partial charge in [0.15, 0.2) is 0 Å². The molecule has 0 aliphatic rings. The molecule has 0 spiro atoms. The number of ether oxygens (including phenoxy) is 1. The Morgan fingerprint density at radius 1 is 1.50 bits per heavy atom. The third-order valence-corrected chi connectivity index (χ3v) is 3.32. The molecule has 0 aliphatic heterocycles. The average molecular weight is 327 g/mol. The first kappa shape index (κ1) is 15.0. The second-order valence-corrected chi connectivity index (χ2v) is 4.42. The van der Waals surface area contributed by atoms with E-state index in [1.54, 1.807) is 0 Å². The summed E-state index contributed by atoms with van der Waals surface area (Å²) in [6.45, 7) is 0.634. The van der Waals surface area contributed by atoms with Crippen LogP contribution in [-0.2, 0) is 11.4 Å². The van der Waals surface area contributed by atoms with Crippen molar-refractivity contribution >= 4 is 21.7 Å². The minimum atomic E-state index is -4.85. The second kappa shape index (κ2) is 5.71. The molecular formula is C11H10BrF3O3. The van der Waals surface area contributed by atoms with Crippen molar-refractivity contribution in [3.05, 3.63) is 29.3 Å². The van der Waals surface area contributed by atoms with Crippen LogP contribution in [0.2, 0.25) is 0 Å². The number of carbonyl (C=O) groups is 1. The molecule has 7 heteroatoms. The van der Waals surface area contributed by atoms with Crippen LogP contribution in [0.3, 0.4) is 0 Å². The maximum atomic E-state index is 12.2. The monoisotopic (exact) mass is 326 g/mol. The number of carbonyl (C=O) groups excluding carboxylic acids is 1. The van der Waals surface area contributed by atoms with E-state index in [-0.39, 0.29) is 16.9 Å². The van der Waals surface area contributed by atoms with Gasteiger partial charge in [-0.3, -0.25) is 4.79 Å². The predicted molar refractivity (Wildman–Crippen MR) is 61.4 cm³/mol. The first-order valence-electron chi connectivity index (χ1n) is 4.89. The van der Waals surface area contributed by atoms with Gasteiger partial charge >= 0.3 is 6.36 Å². The van der Waals surface area contributed by atoms with Crippen LogP contribution in [0.4, 0.5) is 13.2 Å².